The Bertz CT molecular complexity index is 617. The van der Waals surface area contributed by atoms with Crippen LogP contribution in [0.5, 0.6) is 0 Å². The second-order valence-electron chi connectivity index (χ2n) is 5.27. The van der Waals surface area contributed by atoms with Crippen LogP contribution in [0.1, 0.15) is 65.5 Å². The lowest BCUT2D eigenvalue weighted by atomic mass is 10.2. The van der Waals surface area contributed by atoms with Crippen molar-refractivity contribution >= 4 is 5.97 Å². The molecule has 0 aliphatic carbocycles. The van der Waals surface area contributed by atoms with Gasteiger partial charge in [-0.3, -0.25) is 4.79 Å². The summed E-state index contributed by atoms with van der Waals surface area (Å²) in [6, 6.07) is 0. The fraction of sp³-hybridized carbons (Fsp3) is 0.500. The largest absolute Gasteiger partial charge is 0.466 e. The van der Waals surface area contributed by atoms with Gasteiger partial charge in [-0.15, -0.1) is 0 Å². The molecule has 0 spiro atoms. The van der Waals surface area contributed by atoms with E-state index in [2.05, 4.69) is 18.2 Å². The molecule has 25 heavy (non-hydrogen) atoms. The van der Waals surface area contributed by atoms with Crippen LogP contribution in [0.4, 0.5) is 0 Å². The lowest BCUT2D eigenvalue weighted by Crippen LogP contribution is -2.02. The molecule has 0 fully saturated rings. The Kier molecular flexibility index (Phi) is 11.4. The van der Waals surface area contributed by atoms with Crippen molar-refractivity contribution in [3.63, 3.8) is 0 Å². The molecule has 0 aromatic rings. The van der Waals surface area contributed by atoms with Gasteiger partial charge in [-0.05, 0) is 45.4 Å². The fourth-order valence-electron chi connectivity index (χ4n) is 1.86. The van der Waals surface area contributed by atoms with Gasteiger partial charge >= 0.3 is 5.97 Å². The van der Waals surface area contributed by atoms with Gasteiger partial charge in [0, 0.05) is 13.3 Å². The summed E-state index contributed by atoms with van der Waals surface area (Å²) in [4.78, 5) is 11.2. The predicted molar refractivity (Wildman–Crippen MR) is 106 cm³/mol. The molecule has 3 nitrogen and oxygen atoms in total. The van der Waals surface area contributed by atoms with Crippen molar-refractivity contribution in [2.24, 2.45) is 0 Å². The van der Waals surface area contributed by atoms with Gasteiger partial charge in [0.1, 0.15) is 0 Å². The van der Waals surface area contributed by atoms with Gasteiger partial charge in [-0.1, -0.05) is 67.6 Å². The van der Waals surface area contributed by atoms with Crippen LogP contribution in [-0.2, 0) is 9.53 Å². The van der Waals surface area contributed by atoms with Crippen LogP contribution in [0.25, 0.3) is 0 Å². The summed E-state index contributed by atoms with van der Waals surface area (Å²) in [7, 11) is 0. The van der Waals surface area contributed by atoms with E-state index in [-0.39, 0.29) is 12.4 Å². The second kappa shape index (κ2) is 18.5. The van der Waals surface area contributed by atoms with Crippen molar-refractivity contribution in [2.75, 3.05) is 6.61 Å². The number of unbranched alkanes of at least 4 members (excludes halogenated alkanes) is 1. The SMILES string of the molecule is [2H]C([2H])([2H])C([2H])([2H])/C=C\C[C@H](O)/C=C/C=C\C/C=C\C/C=C\CCCC(=O)OCC. The Morgan fingerprint density at radius 2 is 1.88 bits per heavy atom. The van der Waals surface area contributed by atoms with E-state index in [4.69, 9.17) is 11.6 Å². The van der Waals surface area contributed by atoms with E-state index in [1.165, 1.54) is 6.08 Å². The zero-order valence-electron chi connectivity index (χ0n) is 20.1. The summed E-state index contributed by atoms with van der Waals surface area (Å²) < 4.78 is 41.0. The van der Waals surface area contributed by atoms with E-state index in [0.29, 0.717) is 13.0 Å². The van der Waals surface area contributed by atoms with Crippen LogP contribution in [-0.4, -0.2) is 23.8 Å². The second-order valence-corrected chi connectivity index (χ2v) is 5.27. The van der Waals surface area contributed by atoms with Gasteiger partial charge in [-0.25, -0.2) is 0 Å². The molecular weight excluding hydrogens is 312 g/mol. The molecule has 0 radical (unpaired) electrons. The van der Waals surface area contributed by atoms with E-state index < -0.39 is 19.3 Å². The maximum atomic E-state index is 11.2. The summed E-state index contributed by atoms with van der Waals surface area (Å²) in [5, 5.41) is 9.79. The Morgan fingerprint density at radius 3 is 2.64 bits per heavy atom. The molecule has 1 atom stereocenters. The van der Waals surface area contributed by atoms with E-state index >= 15 is 0 Å². The number of esters is 1. The normalized spacial score (nSPS) is 17.9. The van der Waals surface area contributed by atoms with Gasteiger partial charge < -0.3 is 9.84 Å². The first-order valence-electron chi connectivity index (χ1n) is 11.2. The molecule has 0 aliphatic rings. The van der Waals surface area contributed by atoms with Gasteiger partial charge in [0.25, 0.3) is 0 Å². The molecule has 0 rings (SSSR count). The summed E-state index contributed by atoms with van der Waals surface area (Å²) >= 11 is 0. The van der Waals surface area contributed by atoms with Crippen LogP contribution >= 0.6 is 0 Å². The number of aliphatic hydroxyl groups excluding tert-OH is 1. The highest BCUT2D eigenvalue weighted by Gasteiger charge is 1.98. The average molecular weight is 352 g/mol. The van der Waals surface area contributed by atoms with Crippen LogP contribution < -0.4 is 0 Å². The average Bonchev–Trinajstić information content (AvgIpc) is 2.64. The fourth-order valence-corrected chi connectivity index (χ4v) is 1.86. The molecule has 0 aliphatic heterocycles. The maximum Gasteiger partial charge on any atom is 0.305 e. The summed E-state index contributed by atoms with van der Waals surface area (Å²) in [5.41, 5.74) is 0. The van der Waals surface area contributed by atoms with E-state index in [1.54, 1.807) is 19.1 Å². The van der Waals surface area contributed by atoms with Crippen molar-refractivity contribution in [1.82, 2.24) is 0 Å². The standard InChI is InChI=1S/C22H34O3/c1-3-5-15-18-21(23)19-16-13-11-9-7-6-8-10-12-14-17-20-22(24)25-4-2/h5-7,10-13,15-16,19,21,23H,3-4,8-9,14,17-18,20H2,1-2H3/b7-6-,12-10-,13-11-,15-5-,19-16+/t21-/m0/s1/i1D3,3D2. The third-order valence-electron chi connectivity index (χ3n) is 3.09. The number of ether oxygens (including phenoxy) is 1. The monoisotopic (exact) mass is 351 g/mol. The zero-order chi connectivity index (χ0) is 22.9. The molecule has 0 heterocycles. The van der Waals surface area contributed by atoms with Crippen molar-refractivity contribution < 1.29 is 21.5 Å². The first-order chi connectivity index (χ1) is 14.1. The minimum Gasteiger partial charge on any atom is -0.466 e. The van der Waals surface area contributed by atoms with E-state index in [1.807, 2.05) is 18.2 Å². The lowest BCUT2D eigenvalue weighted by Gasteiger charge is -1.98. The summed E-state index contributed by atoms with van der Waals surface area (Å²) in [5.74, 6) is -0.146. The zero-order valence-corrected chi connectivity index (χ0v) is 15.1. The van der Waals surface area contributed by atoms with Crippen LogP contribution in [0.2, 0.25) is 0 Å². The quantitative estimate of drug-likeness (QED) is 0.196. The Morgan fingerprint density at radius 1 is 1.12 bits per heavy atom. The Hall–Kier alpha value is -1.87. The molecule has 0 saturated heterocycles. The minimum atomic E-state index is -2.72. The first-order valence-corrected chi connectivity index (χ1v) is 8.75. The summed E-state index contributed by atoms with van der Waals surface area (Å²) in [6.07, 6.45) is 18.2. The Labute approximate surface area is 160 Å². The topological polar surface area (TPSA) is 46.5 Å². The van der Waals surface area contributed by atoms with Gasteiger partial charge in [0.2, 0.25) is 0 Å². The third kappa shape index (κ3) is 18.3. The molecular formula is C22H34O3. The van der Waals surface area contributed by atoms with Crippen LogP contribution in [0.15, 0.2) is 60.8 Å². The highest BCUT2D eigenvalue weighted by Crippen LogP contribution is 2.01. The highest BCUT2D eigenvalue weighted by molar-refractivity contribution is 5.69. The predicted octanol–water partition coefficient (Wildman–Crippen LogP) is 5.44. The smallest absolute Gasteiger partial charge is 0.305 e. The molecule has 140 valence electrons. The molecule has 0 unspecified atom stereocenters. The minimum absolute atomic E-state index is 0.145. The van der Waals surface area contributed by atoms with E-state index in [0.717, 1.165) is 31.8 Å². The molecule has 0 amide bonds. The number of hydrogen-bond donors (Lipinski definition) is 1. The molecule has 0 aromatic carbocycles. The van der Waals surface area contributed by atoms with Crippen LogP contribution in [0.3, 0.4) is 0 Å². The first kappa shape index (κ1) is 15.4. The lowest BCUT2D eigenvalue weighted by molar-refractivity contribution is -0.143. The van der Waals surface area contributed by atoms with Gasteiger partial charge in [0.05, 0.1) is 12.7 Å². The van der Waals surface area contributed by atoms with Crippen LogP contribution in [0, 0.1) is 0 Å². The maximum absolute atomic E-state index is 11.2. The third-order valence-corrected chi connectivity index (χ3v) is 3.09. The van der Waals surface area contributed by atoms with Gasteiger partial charge in [-0.2, -0.15) is 0 Å². The Balaban J connectivity index is 3.92. The number of aliphatic hydroxyl groups is 1. The number of rotatable bonds is 14. The van der Waals surface area contributed by atoms with Crippen molar-refractivity contribution in [3.05, 3.63) is 60.8 Å². The molecule has 0 bridgehead atoms. The summed E-state index contributed by atoms with van der Waals surface area (Å²) in [6.45, 7) is -0.495. The molecule has 3 heteroatoms. The van der Waals surface area contributed by atoms with Gasteiger partial charge in [0.15, 0.2) is 0 Å². The molecule has 1 N–H and O–H groups in total. The number of allylic oxidation sites excluding steroid dienone is 8. The molecule has 0 saturated carbocycles. The van der Waals surface area contributed by atoms with Crippen molar-refractivity contribution in [1.29, 1.82) is 0 Å². The van der Waals surface area contributed by atoms with E-state index in [9.17, 15) is 9.90 Å². The number of hydrogen-bond acceptors (Lipinski definition) is 3. The number of carbonyl (C=O) groups excluding carboxylic acids is 1. The highest BCUT2D eigenvalue weighted by atomic mass is 16.5. The molecule has 0 aromatic heterocycles. The van der Waals surface area contributed by atoms with Crippen molar-refractivity contribution in [3.8, 4) is 0 Å². The van der Waals surface area contributed by atoms with Crippen molar-refractivity contribution in [2.45, 2.75) is 64.8 Å². The number of carbonyl (C=O) groups is 1.